The summed E-state index contributed by atoms with van der Waals surface area (Å²) in [6, 6.07) is 7.55. The van der Waals surface area contributed by atoms with Gasteiger partial charge in [-0.05, 0) is 19.1 Å². The second kappa shape index (κ2) is 3.30. The van der Waals surface area contributed by atoms with Crippen LogP contribution in [-0.2, 0) is 0 Å². The highest BCUT2D eigenvalue weighted by Crippen LogP contribution is 2.21. The third-order valence-electron chi connectivity index (χ3n) is 1.89. The number of hydrogen-bond acceptors (Lipinski definition) is 4. The largest absolute Gasteiger partial charge is 0.423 e. The molecular formula is C10H7N3O. The van der Waals surface area contributed by atoms with Gasteiger partial charge in [0.25, 0.3) is 0 Å². The van der Waals surface area contributed by atoms with Crippen molar-refractivity contribution in [2.45, 2.75) is 6.92 Å². The van der Waals surface area contributed by atoms with E-state index in [1.807, 2.05) is 19.1 Å². The molecule has 68 valence electrons. The van der Waals surface area contributed by atoms with Gasteiger partial charge < -0.3 is 4.42 Å². The Morgan fingerprint density at radius 2 is 2.29 bits per heavy atom. The van der Waals surface area contributed by atoms with Crippen LogP contribution in [0.4, 0.5) is 0 Å². The Morgan fingerprint density at radius 3 is 2.93 bits per heavy atom. The first-order valence-corrected chi connectivity index (χ1v) is 4.08. The SMILES string of the molecule is Cc1ccc(C#N)c(-c2nnco2)c1. The molecular weight excluding hydrogens is 178 g/mol. The minimum absolute atomic E-state index is 0.380. The average molecular weight is 185 g/mol. The Labute approximate surface area is 80.8 Å². The van der Waals surface area contributed by atoms with Crippen LogP contribution in [0.15, 0.2) is 29.0 Å². The number of aryl methyl sites for hydroxylation is 1. The Hall–Kier alpha value is -2.15. The van der Waals surface area contributed by atoms with Gasteiger partial charge in [0.15, 0.2) is 0 Å². The van der Waals surface area contributed by atoms with Crippen LogP contribution in [0.2, 0.25) is 0 Å². The molecule has 0 N–H and O–H groups in total. The summed E-state index contributed by atoms with van der Waals surface area (Å²) in [5.74, 6) is 0.380. The highest BCUT2D eigenvalue weighted by molar-refractivity contribution is 5.63. The lowest BCUT2D eigenvalue weighted by Crippen LogP contribution is -1.86. The van der Waals surface area contributed by atoms with Crippen LogP contribution in [0, 0.1) is 18.3 Å². The van der Waals surface area contributed by atoms with E-state index in [0.717, 1.165) is 5.56 Å². The lowest BCUT2D eigenvalue weighted by atomic mass is 10.1. The average Bonchev–Trinajstić information content (AvgIpc) is 2.70. The zero-order valence-corrected chi connectivity index (χ0v) is 7.56. The summed E-state index contributed by atoms with van der Waals surface area (Å²) in [5, 5.41) is 16.2. The van der Waals surface area contributed by atoms with E-state index in [4.69, 9.17) is 9.68 Å². The summed E-state index contributed by atoms with van der Waals surface area (Å²) < 4.78 is 5.04. The molecule has 0 saturated carbocycles. The van der Waals surface area contributed by atoms with Crippen molar-refractivity contribution in [2.24, 2.45) is 0 Å². The second-order valence-corrected chi connectivity index (χ2v) is 2.90. The number of benzene rings is 1. The van der Waals surface area contributed by atoms with Gasteiger partial charge in [0.1, 0.15) is 0 Å². The number of hydrogen-bond donors (Lipinski definition) is 0. The van der Waals surface area contributed by atoms with E-state index in [0.29, 0.717) is 17.0 Å². The van der Waals surface area contributed by atoms with Crippen molar-refractivity contribution in [3.63, 3.8) is 0 Å². The van der Waals surface area contributed by atoms with Gasteiger partial charge >= 0.3 is 0 Å². The van der Waals surface area contributed by atoms with Gasteiger partial charge in [-0.25, -0.2) is 0 Å². The van der Waals surface area contributed by atoms with Crippen molar-refractivity contribution in [2.75, 3.05) is 0 Å². The maximum atomic E-state index is 8.87. The fourth-order valence-corrected chi connectivity index (χ4v) is 1.22. The van der Waals surface area contributed by atoms with Crippen LogP contribution in [0.5, 0.6) is 0 Å². The molecule has 4 nitrogen and oxygen atoms in total. The molecule has 4 heteroatoms. The summed E-state index contributed by atoms with van der Waals surface area (Å²) in [4.78, 5) is 0. The van der Waals surface area contributed by atoms with Crippen LogP contribution < -0.4 is 0 Å². The van der Waals surface area contributed by atoms with Gasteiger partial charge in [-0.3, -0.25) is 0 Å². The number of rotatable bonds is 1. The van der Waals surface area contributed by atoms with Crippen molar-refractivity contribution in [1.82, 2.24) is 10.2 Å². The van der Waals surface area contributed by atoms with Crippen LogP contribution in [0.25, 0.3) is 11.5 Å². The first kappa shape index (κ1) is 8.45. The van der Waals surface area contributed by atoms with E-state index in [1.54, 1.807) is 6.07 Å². The summed E-state index contributed by atoms with van der Waals surface area (Å²) in [6.45, 7) is 1.95. The topological polar surface area (TPSA) is 62.7 Å². The van der Waals surface area contributed by atoms with E-state index >= 15 is 0 Å². The fourth-order valence-electron chi connectivity index (χ4n) is 1.22. The van der Waals surface area contributed by atoms with Gasteiger partial charge in [-0.1, -0.05) is 11.6 Å². The molecule has 1 aromatic carbocycles. The third kappa shape index (κ3) is 1.36. The summed E-state index contributed by atoms with van der Waals surface area (Å²) >= 11 is 0. The van der Waals surface area contributed by atoms with Crippen molar-refractivity contribution in [3.05, 3.63) is 35.7 Å². The Bertz CT molecular complexity index is 483. The van der Waals surface area contributed by atoms with Gasteiger partial charge in [-0.2, -0.15) is 5.26 Å². The standard InChI is InChI=1S/C10H7N3O/c1-7-2-3-8(5-11)9(4-7)10-13-12-6-14-10/h2-4,6H,1H3. The van der Waals surface area contributed by atoms with E-state index in [-0.39, 0.29) is 0 Å². The molecule has 0 amide bonds. The Balaban J connectivity index is 2.63. The van der Waals surface area contributed by atoms with Crippen molar-refractivity contribution in [3.8, 4) is 17.5 Å². The van der Waals surface area contributed by atoms with Crippen LogP contribution in [-0.4, -0.2) is 10.2 Å². The van der Waals surface area contributed by atoms with Crippen molar-refractivity contribution < 1.29 is 4.42 Å². The van der Waals surface area contributed by atoms with Crippen LogP contribution in [0.3, 0.4) is 0 Å². The molecule has 2 rings (SSSR count). The lowest BCUT2D eigenvalue weighted by Gasteiger charge is -1.99. The quantitative estimate of drug-likeness (QED) is 0.680. The molecule has 0 spiro atoms. The molecule has 0 fully saturated rings. The zero-order valence-electron chi connectivity index (χ0n) is 7.56. The van der Waals surface area contributed by atoms with Crippen molar-refractivity contribution in [1.29, 1.82) is 5.26 Å². The molecule has 0 atom stereocenters. The minimum Gasteiger partial charge on any atom is -0.423 e. The summed E-state index contributed by atoms with van der Waals surface area (Å²) in [7, 11) is 0. The van der Waals surface area contributed by atoms with Crippen LogP contribution in [0.1, 0.15) is 11.1 Å². The van der Waals surface area contributed by atoms with Gasteiger partial charge in [0, 0.05) is 0 Å². The maximum Gasteiger partial charge on any atom is 0.248 e. The number of nitrogens with zero attached hydrogens (tertiary/aromatic N) is 3. The number of nitriles is 1. The molecule has 2 aromatic rings. The lowest BCUT2D eigenvalue weighted by molar-refractivity contribution is 0.568. The molecule has 0 aliphatic rings. The highest BCUT2D eigenvalue weighted by Gasteiger charge is 2.09. The molecule has 0 unspecified atom stereocenters. The van der Waals surface area contributed by atoms with E-state index in [2.05, 4.69) is 16.3 Å². The molecule has 0 aliphatic heterocycles. The first-order valence-electron chi connectivity index (χ1n) is 4.08. The molecule has 0 bridgehead atoms. The fraction of sp³-hybridized carbons (Fsp3) is 0.100. The van der Waals surface area contributed by atoms with E-state index in [1.165, 1.54) is 6.39 Å². The first-order chi connectivity index (χ1) is 6.81. The van der Waals surface area contributed by atoms with Gasteiger partial charge in [0.2, 0.25) is 12.3 Å². The monoisotopic (exact) mass is 185 g/mol. The Kier molecular flexibility index (Phi) is 1.99. The Morgan fingerprint density at radius 1 is 1.43 bits per heavy atom. The molecule has 1 aromatic heterocycles. The summed E-state index contributed by atoms with van der Waals surface area (Å²) in [6.07, 6.45) is 1.25. The van der Waals surface area contributed by atoms with E-state index < -0.39 is 0 Å². The zero-order chi connectivity index (χ0) is 9.97. The normalized spacial score (nSPS) is 9.71. The van der Waals surface area contributed by atoms with Gasteiger partial charge in [0.05, 0.1) is 17.2 Å². The predicted molar refractivity (Wildman–Crippen MR) is 49.2 cm³/mol. The molecule has 0 saturated heterocycles. The van der Waals surface area contributed by atoms with Crippen molar-refractivity contribution >= 4 is 0 Å². The summed E-state index contributed by atoms with van der Waals surface area (Å²) in [5.41, 5.74) is 2.28. The molecule has 1 heterocycles. The molecule has 14 heavy (non-hydrogen) atoms. The second-order valence-electron chi connectivity index (χ2n) is 2.90. The van der Waals surface area contributed by atoms with Crippen LogP contribution >= 0.6 is 0 Å². The maximum absolute atomic E-state index is 8.87. The third-order valence-corrected chi connectivity index (χ3v) is 1.89. The molecule has 0 radical (unpaired) electrons. The predicted octanol–water partition coefficient (Wildman–Crippen LogP) is 1.92. The smallest absolute Gasteiger partial charge is 0.248 e. The highest BCUT2D eigenvalue weighted by atomic mass is 16.4. The van der Waals surface area contributed by atoms with E-state index in [9.17, 15) is 0 Å². The number of aromatic nitrogens is 2. The molecule has 0 aliphatic carbocycles. The van der Waals surface area contributed by atoms with Gasteiger partial charge in [-0.15, -0.1) is 10.2 Å². The minimum atomic E-state index is 0.380.